The number of amides is 1. The molecule has 0 saturated carbocycles. The average Bonchev–Trinajstić information content (AvgIpc) is 2.64. The number of ether oxygens (including phenoxy) is 1. The minimum atomic E-state index is -0.0175. The molecular formula is C12H20N2O2. The first-order valence-corrected chi connectivity index (χ1v) is 5.85. The van der Waals surface area contributed by atoms with Gasteiger partial charge in [0.15, 0.2) is 0 Å². The smallest absolute Gasteiger partial charge is 0.228 e. The number of nitrogens with zero attached hydrogens (tertiary/aromatic N) is 2. The number of hydrogen-bond donors (Lipinski definition) is 0. The Morgan fingerprint density at radius 1 is 1.62 bits per heavy atom. The van der Waals surface area contributed by atoms with Crippen molar-refractivity contribution in [2.24, 2.45) is 5.92 Å². The molecule has 16 heavy (non-hydrogen) atoms. The molecule has 4 heteroatoms. The van der Waals surface area contributed by atoms with Crippen LogP contribution in [0.2, 0.25) is 0 Å². The van der Waals surface area contributed by atoms with Crippen molar-refractivity contribution in [2.75, 3.05) is 13.2 Å². The van der Waals surface area contributed by atoms with Gasteiger partial charge < -0.3 is 9.64 Å². The number of carbonyl (C=O) groups excluding carboxylic acids is 1. The molecule has 1 saturated heterocycles. The standard InChI is InChI=1S/C12H20N2O2/c1-9(2)14(6-4-5-13)12(15)11-7-10(3)16-8-11/h9-11H,4,6-8H2,1-3H3. The van der Waals surface area contributed by atoms with Crippen LogP contribution in [-0.4, -0.2) is 36.1 Å². The van der Waals surface area contributed by atoms with Gasteiger partial charge in [0.1, 0.15) is 0 Å². The third-order valence-electron chi connectivity index (χ3n) is 2.92. The molecule has 1 aliphatic heterocycles. The molecule has 0 spiro atoms. The zero-order valence-electron chi connectivity index (χ0n) is 10.3. The van der Waals surface area contributed by atoms with Crippen molar-refractivity contribution in [1.29, 1.82) is 5.26 Å². The van der Waals surface area contributed by atoms with E-state index >= 15 is 0 Å². The average molecular weight is 224 g/mol. The van der Waals surface area contributed by atoms with Crippen LogP contribution in [0.15, 0.2) is 0 Å². The van der Waals surface area contributed by atoms with Crippen molar-refractivity contribution in [3.05, 3.63) is 0 Å². The van der Waals surface area contributed by atoms with Crippen LogP contribution >= 0.6 is 0 Å². The molecule has 0 N–H and O–H groups in total. The lowest BCUT2D eigenvalue weighted by molar-refractivity contribution is -0.137. The Kier molecular flexibility index (Phi) is 4.75. The number of hydrogen-bond acceptors (Lipinski definition) is 3. The van der Waals surface area contributed by atoms with Gasteiger partial charge in [-0.25, -0.2) is 0 Å². The van der Waals surface area contributed by atoms with Gasteiger partial charge in [0.05, 0.1) is 31.1 Å². The van der Waals surface area contributed by atoms with E-state index in [2.05, 4.69) is 6.07 Å². The topological polar surface area (TPSA) is 53.3 Å². The predicted molar refractivity (Wildman–Crippen MR) is 60.6 cm³/mol. The molecule has 90 valence electrons. The third kappa shape index (κ3) is 3.21. The molecule has 0 aromatic heterocycles. The van der Waals surface area contributed by atoms with Crippen LogP contribution in [0.1, 0.15) is 33.6 Å². The van der Waals surface area contributed by atoms with E-state index in [4.69, 9.17) is 10.00 Å². The molecule has 0 bridgehead atoms. The minimum Gasteiger partial charge on any atom is -0.378 e. The summed E-state index contributed by atoms with van der Waals surface area (Å²) >= 11 is 0. The van der Waals surface area contributed by atoms with Crippen LogP contribution in [0, 0.1) is 17.2 Å². The monoisotopic (exact) mass is 224 g/mol. The molecule has 2 atom stereocenters. The Bertz CT molecular complexity index is 283. The number of nitriles is 1. The molecule has 1 amide bonds. The van der Waals surface area contributed by atoms with Crippen LogP contribution in [-0.2, 0) is 9.53 Å². The summed E-state index contributed by atoms with van der Waals surface area (Å²) in [6.07, 6.45) is 1.38. The minimum absolute atomic E-state index is 0.0175. The highest BCUT2D eigenvalue weighted by atomic mass is 16.5. The highest BCUT2D eigenvalue weighted by molar-refractivity contribution is 5.79. The van der Waals surface area contributed by atoms with E-state index in [-0.39, 0.29) is 24.0 Å². The Morgan fingerprint density at radius 3 is 2.75 bits per heavy atom. The summed E-state index contributed by atoms with van der Waals surface area (Å²) < 4.78 is 5.41. The lowest BCUT2D eigenvalue weighted by Gasteiger charge is -2.28. The number of rotatable bonds is 4. The van der Waals surface area contributed by atoms with Crippen molar-refractivity contribution < 1.29 is 9.53 Å². The highest BCUT2D eigenvalue weighted by Gasteiger charge is 2.32. The quantitative estimate of drug-likeness (QED) is 0.728. The lowest BCUT2D eigenvalue weighted by Crippen LogP contribution is -2.41. The zero-order chi connectivity index (χ0) is 12.1. The summed E-state index contributed by atoms with van der Waals surface area (Å²) in [5.41, 5.74) is 0. The van der Waals surface area contributed by atoms with Crippen molar-refractivity contribution in [1.82, 2.24) is 4.90 Å². The fraction of sp³-hybridized carbons (Fsp3) is 0.833. The van der Waals surface area contributed by atoms with E-state index < -0.39 is 0 Å². The summed E-state index contributed by atoms with van der Waals surface area (Å²) in [7, 11) is 0. The lowest BCUT2D eigenvalue weighted by atomic mass is 10.0. The van der Waals surface area contributed by atoms with Gasteiger partial charge >= 0.3 is 0 Å². The first-order chi connectivity index (χ1) is 7.56. The van der Waals surface area contributed by atoms with Crippen molar-refractivity contribution in [2.45, 2.75) is 45.8 Å². The van der Waals surface area contributed by atoms with Crippen molar-refractivity contribution >= 4 is 5.91 Å². The van der Waals surface area contributed by atoms with Crippen LogP contribution in [0.4, 0.5) is 0 Å². The van der Waals surface area contributed by atoms with Gasteiger partial charge in [-0.3, -0.25) is 4.79 Å². The second-order valence-corrected chi connectivity index (χ2v) is 4.61. The maximum absolute atomic E-state index is 12.2. The molecule has 0 aliphatic carbocycles. The fourth-order valence-corrected chi connectivity index (χ4v) is 2.02. The first kappa shape index (κ1) is 13.0. The van der Waals surface area contributed by atoms with Gasteiger partial charge in [0.25, 0.3) is 0 Å². The highest BCUT2D eigenvalue weighted by Crippen LogP contribution is 2.22. The first-order valence-electron chi connectivity index (χ1n) is 5.85. The van der Waals surface area contributed by atoms with E-state index in [1.807, 2.05) is 20.8 Å². The second kappa shape index (κ2) is 5.86. The van der Waals surface area contributed by atoms with Crippen LogP contribution in [0.5, 0.6) is 0 Å². The molecule has 1 fully saturated rings. The van der Waals surface area contributed by atoms with E-state index in [1.165, 1.54) is 0 Å². The van der Waals surface area contributed by atoms with E-state index in [0.717, 1.165) is 6.42 Å². The van der Waals surface area contributed by atoms with Gasteiger partial charge in [-0.05, 0) is 27.2 Å². The third-order valence-corrected chi connectivity index (χ3v) is 2.92. The molecule has 2 unspecified atom stereocenters. The van der Waals surface area contributed by atoms with Crippen molar-refractivity contribution in [3.63, 3.8) is 0 Å². The van der Waals surface area contributed by atoms with E-state index in [1.54, 1.807) is 4.90 Å². The predicted octanol–water partition coefficient (Wildman–Crippen LogP) is 1.56. The Balaban J connectivity index is 2.57. The Hall–Kier alpha value is -1.08. The second-order valence-electron chi connectivity index (χ2n) is 4.61. The zero-order valence-corrected chi connectivity index (χ0v) is 10.3. The summed E-state index contributed by atoms with van der Waals surface area (Å²) in [6.45, 7) is 7.00. The normalized spacial score (nSPS) is 24.4. The van der Waals surface area contributed by atoms with Crippen LogP contribution in [0.3, 0.4) is 0 Å². The molecule has 0 aromatic rings. The van der Waals surface area contributed by atoms with E-state index in [9.17, 15) is 4.79 Å². The molecule has 1 heterocycles. The summed E-state index contributed by atoms with van der Waals surface area (Å²) in [6, 6.07) is 2.23. The molecule has 0 radical (unpaired) electrons. The SMILES string of the molecule is CC1CC(C(=O)N(CCC#N)C(C)C)CO1. The van der Waals surface area contributed by atoms with Gasteiger partial charge in [-0.1, -0.05) is 0 Å². The molecular weight excluding hydrogens is 204 g/mol. The van der Waals surface area contributed by atoms with E-state index in [0.29, 0.717) is 19.6 Å². The maximum Gasteiger partial charge on any atom is 0.228 e. The molecule has 0 aromatic carbocycles. The van der Waals surface area contributed by atoms with Gasteiger partial charge in [0, 0.05) is 12.6 Å². The Labute approximate surface area is 97.2 Å². The Morgan fingerprint density at radius 2 is 2.31 bits per heavy atom. The maximum atomic E-state index is 12.2. The van der Waals surface area contributed by atoms with Crippen molar-refractivity contribution in [3.8, 4) is 6.07 Å². The summed E-state index contributed by atoms with van der Waals surface area (Å²) in [5, 5.41) is 8.57. The molecule has 4 nitrogen and oxygen atoms in total. The van der Waals surface area contributed by atoms with Gasteiger partial charge in [0.2, 0.25) is 5.91 Å². The summed E-state index contributed by atoms with van der Waals surface area (Å²) in [4.78, 5) is 14.0. The van der Waals surface area contributed by atoms with Gasteiger partial charge in [-0.2, -0.15) is 5.26 Å². The van der Waals surface area contributed by atoms with Crippen LogP contribution in [0.25, 0.3) is 0 Å². The largest absolute Gasteiger partial charge is 0.378 e. The number of carbonyl (C=O) groups is 1. The fourth-order valence-electron chi connectivity index (χ4n) is 2.02. The van der Waals surface area contributed by atoms with Crippen LogP contribution < -0.4 is 0 Å². The molecule has 1 rings (SSSR count). The van der Waals surface area contributed by atoms with Gasteiger partial charge in [-0.15, -0.1) is 0 Å². The molecule has 1 aliphatic rings. The summed E-state index contributed by atoms with van der Waals surface area (Å²) in [5.74, 6) is 0.116.